The molecule has 0 fully saturated rings. The molecular weight excluding hydrogens is 383 g/mol. The molecule has 0 spiro atoms. The first-order valence-electron chi connectivity index (χ1n) is 8.43. The van der Waals surface area contributed by atoms with Gasteiger partial charge >= 0.3 is 0 Å². The SMILES string of the molecule is CN(Cc1cnn(-c2ccccc2)c1)C(=O)CNS(=O)(=O)c1ccc(F)cc1. The van der Waals surface area contributed by atoms with Gasteiger partial charge in [0.1, 0.15) is 5.82 Å². The molecule has 1 N–H and O–H groups in total. The highest BCUT2D eigenvalue weighted by Gasteiger charge is 2.18. The number of rotatable bonds is 7. The number of benzene rings is 2. The number of likely N-dealkylation sites (N-methyl/N-ethyl adjacent to an activating group) is 1. The molecule has 1 amide bonds. The van der Waals surface area contributed by atoms with Gasteiger partial charge in [-0.1, -0.05) is 18.2 Å². The molecule has 1 aromatic heterocycles. The molecule has 0 bridgehead atoms. The highest BCUT2D eigenvalue weighted by molar-refractivity contribution is 7.89. The van der Waals surface area contributed by atoms with Crippen LogP contribution in [0, 0.1) is 5.82 Å². The Morgan fingerprint density at radius 1 is 1.14 bits per heavy atom. The summed E-state index contributed by atoms with van der Waals surface area (Å²) in [7, 11) is -2.31. The van der Waals surface area contributed by atoms with Crippen molar-refractivity contribution in [1.82, 2.24) is 19.4 Å². The molecule has 0 aliphatic carbocycles. The van der Waals surface area contributed by atoms with Gasteiger partial charge in [-0.15, -0.1) is 0 Å². The highest BCUT2D eigenvalue weighted by Crippen LogP contribution is 2.11. The molecule has 0 aliphatic rings. The van der Waals surface area contributed by atoms with Gasteiger partial charge in [-0.25, -0.2) is 22.2 Å². The largest absolute Gasteiger partial charge is 0.340 e. The summed E-state index contributed by atoms with van der Waals surface area (Å²) in [4.78, 5) is 13.6. The Labute approximate surface area is 162 Å². The summed E-state index contributed by atoms with van der Waals surface area (Å²) in [6.45, 7) is -0.118. The third kappa shape index (κ3) is 4.81. The van der Waals surface area contributed by atoms with E-state index in [0.717, 1.165) is 35.5 Å². The number of carbonyl (C=O) groups is 1. The van der Waals surface area contributed by atoms with Crippen LogP contribution in [0.5, 0.6) is 0 Å². The second kappa shape index (κ2) is 8.32. The molecule has 1 heterocycles. The normalized spacial score (nSPS) is 11.4. The summed E-state index contributed by atoms with van der Waals surface area (Å²) in [6.07, 6.45) is 3.46. The average Bonchev–Trinajstić information content (AvgIpc) is 3.15. The Kier molecular flexibility index (Phi) is 5.86. The van der Waals surface area contributed by atoms with Crippen molar-refractivity contribution in [3.63, 3.8) is 0 Å². The van der Waals surface area contributed by atoms with Crippen molar-refractivity contribution in [3.8, 4) is 5.69 Å². The Hall–Kier alpha value is -3.04. The fourth-order valence-corrected chi connectivity index (χ4v) is 3.49. The van der Waals surface area contributed by atoms with Crippen molar-refractivity contribution in [2.75, 3.05) is 13.6 Å². The number of nitrogens with one attached hydrogen (secondary N) is 1. The third-order valence-corrected chi connectivity index (χ3v) is 5.46. The molecule has 0 saturated heterocycles. The molecule has 3 aromatic rings. The number of carbonyl (C=O) groups excluding carboxylic acids is 1. The van der Waals surface area contributed by atoms with Crippen LogP contribution in [0.3, 0.4) is 0 Å². The minimum absolute atomic E-state index is 0.103. The molecule has 146 valence electrons. The van der Waals surface area contributed by atoms with E-state index >= 15 is 0 Å². The molecule has 2 aromatic carbocycles. The van der Waals surface area contributed by atoms with Crippen molar-refractivity contribution in [3.05, 3.63) is 78.4 Å². The van der Waals surface area contributed by atoms with Crippen molar-refractivity contribution < 1.29 is 17.6 Å². The molecular formula is C19H19FN4O3S. The lowest BCUT2D eigenvalue weighted by Gasteiger charge is -2.16. The van der Waals surface area contributed by atoms with E-state index in [1.807, 2.05) is 36.5 Å². The number of sulfonamides is 1. The topological polar surface area (TPSA) is 84.3 Å². The van der Waals surface area contributed by atoms with Gasteiger partial charge in [-0.3, -0.25) is 4.79 Å². The monoisotopic (exact) mass is 402 g/mol. The zero-order valence-corrected chi connectivity index (χ0v) is 15.9. The summed E-state index contributed by atoms with van der Waals surface area (Å²) < 4.78 is 41.2. The number of nitrogens with zero attached hydrogens (tertiary/aromatic N) is 3. The van der Waals surface area contributed by atoms with Crippen molar-refractivity contribution in [1.29, 1.82) is 0 Å². The molecule has 9 heteroatoms. The number of aromatic nitrogens is 2. The molecule has 0 unspecified atom stereocenters. The smallest absolute Gasteiger partial charge is 0.241 e. The standard InChI is InChI=1S/C19H19FN4O3S/c1-23(13-15-11-21-24(14-15)17-5-3-2-4-6-17)19(25)12-22-28(26,27)18-9-7-16(20)8-10-18/h2-11,14,22H,12-13H2,1H3. The lowest BCUT2D eigenvalue weighted by atomic mass is 10.3. The van der Waals surface area contributed by atoms with Gasteiger partial charge in [-0.05, 0) is 36.4 Å². The van der Waals surface area contributed by atoms with E-state index in [2.05, 4.69) is 9.82 Å². The van der Waals surface area contributed by atoms with E-state index in [1.54, 1.807) is 17.9 Å². The van der Waals surface area contributed by atoms with Crippen LogP contribution in [0.15, 0.2) is 71.9 Å². The van der Waals surface area contributed by atoms with E-state index in [1.165, 1.54) is 4.90 Å². The van der Waals surface area contributed by atoms with Crippen LogP contribution in [0.25, 0.3) is 5.69 Å². The molecule has 0 atom stereocenters. The van der Waals surface area contributed by atoms with Crippen molar-refractivity contribution in [2.24, 2.45) is 0 Å². The van der Waals surface area contributed by atoms with Crippen molar-refractivity contribution in [2.45, 2.75) is 11.4 Å². The number of para-hydroxylation sites is 1. The summed E-state index contributed by atoms with van der Waals surface area (Å²) in [5.41, 5.74) is 1.70. The average molecular weight is 402 g/mol. The van der Waals surface area contributed by atoms with Crippen LogP contribution in [0.2, 0.25) is 0 Å². The van der Waals surface area contributed by atoms with Gasteiger partial charge < -0.3 is 4.90 Å². The zero-order chi connectivity index (χ0) is 20.1. The van der Waals surface area contributed by atoms with Gasteiger partial charge in [0.05, 0.1) is 23.3 Å². The van der Waals surface area contributed by atoms with E-state index in [4.69, 9.17) is 0 Å². The second-order valence-electron chi connectivity index (χ2n) is 6.16. The molecule has 7 nitrogen and oxygen atoms in total. The maximum atomic E-state index is 12.9. The van der Waals surface area contributed by atoms with Crippen LogP contribution in [-0.4, -0.2) is 42.6 Å². The van der Waals surface area contributed by atoms with Crippen molar-refractivity contribution >= 4 is 15.9 Å². The number of hydrogen-bond acceptors (Lipinski definition) is 4. The van der Waals surface area contributed by atoms with E-state index in [-0.39, 0.29) is 11.4 Å². The molecule has 28 heavy (non-hydrogen) atoms. The summed E-state index contributed by atoms with van der Waals surface area (Å²) in [5, 5.41) is 4.27. The summed E-state index contributed by atoms with van der Waals surface area (Å²) in [6, 6.07) is 13.9. The Morgan fingerprint density at radius 2 is 1.82 bits per heavy atom. The van der Waals surface area contributed by atoms with Gasteiger partial charge in [0, 0.05) is 25.4 Å². The van der Waals surface area contributed by atoms with E-state index in [9.17, 15) is 17.6 Å². The number of amides is 1. The van der Waals surface area contributed by atoms with Crippen LogP contribution < -0.4 is 4.72 Å². The Morgan fingerprint density at radius 3 is 2.50 bits per heavy atom. The predicted molar refractivity (Wildman–Crippen MR) is 102 cm³/mol. The summed E-state index contributed by atoms with van der Waals surface area (Å²) in [5.74, 6) is -0.941. The first kappa shape index (κ1) is 19.7. The highest BCUT2D eigenvalue weighted by atomic mass is 32.2. The lowest BCUT2D eigenvalue weighted by molar-refractivity contribution is -0.129. The number of hydrogen-bond donors (Lipinski definition) is 1. The minimum atomic E-state index is -3.89. The first-order chi connectivity index (χ1) is 13.3. The summed E-state index contributed by atoms with van der Waals surface area (Å²) >= 11 is 0. The molecule has 0 aliphatic heterocycles. The second-order valence-corrected chi connectivity index (χ2v) is 7.92. The van der Waals surface area contributed by atoms with Crippen LogP contribution in [0.4, 0.5) is 4.39 Å². The Balaban J connectivity index is 1.58. The van der Waals surface area contributed by atoms with Gasteiger partial charge in [0.25, 0.3) is 0 Å². The van der Waals surface area contributed by atoms with E-state index in [0.29, 0.717) is 0 Å². The maximum absolute atomic E-state index is 12.9. The predicted octanol–water partition coefficient (Wildman–Crippen LogP) is 1.95. The van der Waals surface area contributed by atoms with Gasteiger partial charge in [0.15, 0.2) is 0 Å². The van der Waals surface area contributed by atoms with E-state index < -0.39 is 28.3 Å². The molecule has 3 rings (SSSR count). The van der Waals surface area contributed by atoms with Gasteiger partial charge in [0.2, 0.25) is 15.9 Å². The third-order valence-electron chi connectivity index (χ3n) is 4.04. The molecule has 0 saturated carbocycles. The lowest BCUT2D eigenvalue weighted by Crippen LogP contribution is -2.37. The molecule has 0 radical (unpaired) electrons. The Bertz CT molecular complexity index is 1050. The number of halogens is 1. The van der Waals surface area contributed by atoms with Crippen LogP contribution in [-0.2, 0) is 21.4 Å². The zero-order valence-electron chi connectivity index (χ0n) is 15.1. The quantitative estimate of drug-likeness (QED) is 0.655. The van der Waals surface area contributed by atoms with Crippen LogP contribution >= 0.6 is 0 Å². The maximum Gasteiger partial charge on any atom is 0.241 e. The first-order valence-corrected chi connectivity index (χ1v) is 9.91. The minimum Gasteiger partial charge on any atom is -0.340 e. The van der Waals surface area contributed by atoms with Gasteiger partial charge in [-0.2, -0.15) is 5.10 Å². The fraction of sp³-hybridized carbons (Fsp3) is 0.158. The van der Waals surface area contributed by atoms with Crippen LogP contribution in [0.1, 0.15) is 5.56 Å². The fourth-order valence-electron chi connectivity index (χ4n) is 2.51.